The van der Waals surface area contributed by atoms with Crippen LogP contribution in [0.3, 0.4) is 0 Å². The molecule has 0 amide bonds. The van der Waals surface area contributed by atoms with E-state index in [2.05, 4.69) is 6.07 Å². The van der Waals surface area contributed by atoms with Crippen LogP contribution in [0, 0.1) is 18.3 Å². The van der Waals surface area contributed by atoms with E-state index in [-0.39, 0.29) is 5.56 Å². The second-order valence-corrected chi connectivity index (χ2v) is 4.30. The lowest BCUT2D eigenvalue weighted by atomic mass is 9.77. The normalized spacial score (nSPS) is 15.2. The highest BCUT2D eigenvalue weighted by Gasteiger charge is 2.24. The number of carbonyl (C=O) groups is 1. The zero-order valence-corrected chi connectivity index (χ0v) is 9.16. The van der Waals surface area contributed by atoms with E-state index in [0.29, 0.717) is 11.5 Å². The van der Waals surface area contributed by atoms with Crippen molar-refractivity contribution >= 4 is 5.97 Å². The number of hydrogen-bond donors (Lipinski definition) is 1. The number of benzene rings is 1. The summed E-state index contributed by atoms with van der Waals surface area (Å²) in [6, 6.07) is 5.48. The van der Waals surface area contributed by atoms with E-state index in [4.69, 9.17) is 10.4 Å². The van der Waals surface area contributed by atoms with Gasteiger partial charge < -0.3 is 5.11 Å². The number of rotatable bonds is 2. The third-order valence-corrected chi connectivity index (χ3v) is 3.29. The summed E-state index contributed by atoms with van der Waals surface area (Å²) in [5.41, 5.74) is 2.52. The molecule has 1 aliphatic rings. The minimum Gasteiger partial charge on any atom is -0.478 e. The molecule has 0 aliphatic heterocycles. The fourth-order valence-electron chi connectivity index (χ4n) is 2.11. The maximum Gasteiger partial charge on any atom is 0.335 e. The van der Waals surface area contributed by atoms with Crippen LogP contribution in [0.2, 0.25) is 0 Å². The van der Waals surface area contributed by atoms with Gasteiger partial charge in [0.25, 0.3) is 0 Å². The van der Waals surface area contributed by atoms with Crippen molar-refractivity contribution in [2.45, 2.75) is 32.1 Å². The first kappa shape index (κ1) is 10.7. The van der Waals surface area contributed by atoms with E-state index in [1.165, 1.54) is 12.5 Å². The summed E-state index contributed by atoms with van der Waals surface area (Å²) in [7, 11) is 0. The summed E-state index contributed by atoms with van der Waals surface area (Å²) in [6.07, 6.45) is 3.43. The number of carboxylic acids is 1. The molecule has 0 unspecified atom stereocenters. The largest absolute Gasteiger partial charge is 0.478 e. The number of hydrogen-bond acceptors (Lipinski definition) is 2. The summed E-state index contributed by atoms with van der Waals surface area (Å²) < 4.78 is 0. The molecule has 1 aliphatic carbocycles. The molecule has 1 fully saturated rings. The molecule has 0 radical (unpaired) electrons. The third kappa shape index (κ3) is 1.67. The average Bonchev–Trinajstić information content (AvgIpc) is 2.14. The van der Waals surface area contributed by atoms with E-state index in [1.54, 1.807) is 6.92 Å². The second kappa shape index (κ2) is 3.97. The Labute approximate surface area is 94.3 Å². The van der Waals surface area contributed by atoms with E-state index in [9.17, 15) is 4.79 Å². The molecular weight excluding hydrogens is 202 g/mol. The van der Waals surface area contributed by atoms with Gasteiger partial charge >= 0.3 is 5.97 Å². The Morgan fingerprint density at radius 2 is 2.19 bits per heavy atom. The summed E-state index contributed by atoms with van der Waals surface area (Å²) in [5.74, 6) is -0.509. The van der Waals surface area contributed by atoms with Gasteiger partial charge in [-0.05, 0) is 42.9 Å². The summed E-state index contributed by atoms with van der Waals surface area (Å²) in [6.45, 7) is 1.78. The lowest BCUT2D eigenvalue weighted by Gasteiger charge is -2.27. The van der Waals surface area contributed by atoms with E-state index >= 15 is 0 Å². The minimum absolute atomic E-state index is 0.236. The Morgan fingerprint density at radius 1 is 1.50 bits per heavy atom. The molecule has 0 atom stereocenters. The van der Waals surface area contributed by atoms with Gasteiger partial charge in [-0.15, -0.1) is 0 Å². The Hall–Kier alpha value is -1.82. The van der Waals surface area contributed by atoms with Crippen LogP contribution in [0.4, 0.5) is 0 Å². The van der Waals surface area contributed by atoms with Crippen molar-refractivity contribution in [3.63, 3.8) is 0 Å². The Morgan fingerprint density at radius 3 is 2.62 bits per heavy atom. The van der Waals surface area contributed by atoms with Crippen molar-refractivity contribution in [2.24, 2.45) is 0 Å². The third-order valence-electron chi connectivity index (χ3n) is 3.29. The van der Waals surface area contributed by atoms with Gasteiger partial charge in [-0.25, -0.2) is 4.79 Å². The fourth-order valence-corrected chi connectivity index (χ4v) is 2.11. The average molecular weight is 215 g/mol. The summed E-state index contributed by atoms with van der Waals surface area (Å²) in [5, 5.41) is 18.0. The number of nitrogens with zero attached hydrogens (tertiary/aromatic N) is 1. The predicted octanol–water partition coefficient (Wildman–Crippen LogP) is 2.83. The minimum atomic E-state index is -0.964. The van der Waals surface area contributed by atoms with Gasteiger partial charge in [-0.3, -0.25) is 0 Å². The fraction of sp³-hybridized carbons (Fsp3) is 0.385. The first-order chi connectivity index (χ1) is 7.63. The number of aryl methyl sites for hydroxylation is 1. The predicted molar refractivity (Wildman–Crippen MR) is 59.4 cm³/mol. The van der Waals surface area contributed by atoms with Crippen molar-refractivity contribution in [1.82, 2.24) is 0 Å². The Balaban J connectivity index is 2.51. The highest BCUT2D eigenvalue weighted by Crippen LogP contribution is 2.38. The van der Waals surface area contributed by atoms with Crippen molar-refractivity contribution < 1.29 is 9.90 Å². The lowest BCUT2D eigenvalue weighted by molar-refractivity contribution is 0.0696. The highest BCUT2D eigenvalue weighted by atomic mass is 16.4. The first-order valence-electron chi connectivity index (χ1n) is 5.41. The second-order valence-electron chi connectivity index (χ2n) is 4.30. The molecule has 1 aromatic rings. The van der Waals surface area contributed by atoms with Gasteiger partial charge in [0, 0.05) is 0 Å². The molecule has 0 aromatic heterocycles. The van der Waals surface area contributed by atoms with Crippen LogP contribution in [0.5, 0.6) is 0 Å². The van der Waals surface area contributed by atoms with Crippen LogP contribution in [-0.2, 0) is 0 Å². The first-order valence-corrected chi connectivity index (χ1v) is 5.41. The van der Waals surface area contributed by atoms with Crippen LogP contribution < -0.4 is 0 Å². The van der Waals surface area contributed by atoms with Crippen LogP contribution in [0.1, 0.15) is 52.2 Å². The summed E-state index contributed by atoms with van der Waals surface area (Å²) in [4.78, 5) is 10.9. The molecule has 1 N–H and O–H groups in total. The molecule has 1 aromatic carbocycles. The molecule has 0 bridgehead atoms. The van der Waals surface area contributed by atoms with Gasteiger partial charge in [0.05, 0.1) is 17.2 Å². The lowest BCUT2D eigenvalue weighted by Crippen LogP contribution is -2.12. The monoisotopic (exact) mass is 215 g/mol. The zero-order valence-electron chi connectivity index (χ0n) is 9.16. The Kier molecular flexibility index (Phi) is 2.66. The van der Waals surface area contributed by atoms with E-state index in [0.717, 1.165) is 24.0 Å². The SMILES string of the molecule is Cc1cc(C2CCC2)c(C#N)cc1C(=O)O. The maximum absolute atomic E-state index is 10.9. The molecule has 82 valence electrons. The molecule has 3 nitrogen and oxygen atoms in total. The quantitative estimate of drug-likeness (QED) is 0.825. The summed E-state index contributed by atoms with van der Waals surface area (Å²) >= 11 is 0. The molecule has 16 heavy (non-hydrogen) atoms. The molecule has 0 saturated heterocycles. The topological polar surface area (TPSA) is 61.1 Å². The van der Waals surface area contributed by atoms with Gasteiger partial charge in [0.15, 0.2) is 0 Å². The van der Waals surface area contributed by atoms with Crippen LogP contribution in [0.25, 0.3) is 0 Å². The van der Waals surface area contributed by atoms with Gasteiger partial charge in [0.1, 0.15) is 0 Å². The number of aromatic carboxylic acids is 1. The Bertz CT molecular complexity index is 481. The van der Waals surface area contributed by atoms with Crippen LogP contribution in [-0.4, -0.2) is 11.1 Å². The van der Waals surface area contributed by atoms with Gasteiger partial charge in [-0.1, -0.05) is 12.5 Å². The van der Waals surface area contributed by atoms with Gasteiger partial charge in [0.2, 0.25) is 0 Å². The molecule has 2 rings (SSSR count). The van der Waals surface area contributed by atoms with Crippen LogP contribution in [0.15, 0.2) is 12.1 Å². The smallest absolute Gasteiger partial charge is 0.335 e. The molecule has 3 heteroatoms. The van der Waals surface area contributed by atoms with E-state index in [1.807, 2.05) is 6.07 Å². The zero-order chi connectivity index (χ0) is 11.7. The number of carboxylic acid groups (broad SMARTS) is 1. The van der Waals surface area contributed by atoms with Crippen molar-refractivity contribution in [3.8, 4) is 6.07 Å². The molecule has 0 spiro atoms. The van der Waals surface area contributed by atoms with Crippen molar-refractivity contribution in [1.29, 1.82) is 5.26 Å². The van der Waals surface area contributed by atoms with Crippen LogP contribution >= 0.6 is 0 Å². The van der Waals surface area contributed by atoms with Gasteiger partial charge in [-0.2, -0.15) is 5.26 Å². The molecule has 1 saturated carbocycles. The van der Waals surface area contributed by atoms with Crippen molar-refractivity contribution in [2.75, 3.05) is 0 Å². The van der Waals surface area contributed by atoms with Crippen molar-refractivity contribution in [3.05, 3.63) is 34.4 Å². The molecular formula is C13H13NO2. The van der Waals surface area contributed by atoms with E-state index < -0.39 is 5.97 Å². The molecule has 0 heterocycles. The standard InChI is InChI=1S/C13H13NO2/c1-8-5-12(9-3-2-4-9)10(7-14)6-11(8)13(15)16/h5-6,9H,2-4H2,1H3,(H,15,16). The highest BCUT2D eigenvalue weighted by molar-refractivity contribution is 5.90. The maximum atomic E-state index is 10.9. The number of nitriles is 1.